The molecule has 0 spiro atoms. The van der Waals surface area contributed by atoms with E-state index in [9.17, 15) is 68.4 Å². The lowest BCUT2D eigenvalue weighted by Crippen LogP contribution is -2.46. The molecule has 6 amide bonds. The van der Waals surface area contributed by atoms with Crippen LogP contribution in [0, 0.1) is 56.2 Å². The van der Waals surface area contributed by atoms with E-state index in [4.69, 9.17) is 46.4 Å². The number of rotatable bonds is 26. The van der Waals surface area contributed by atoms with Crippen LogP contribution in [-0.4, -0.2) is 175 Å². The van der Waals surface area contributed by atoms with Gasteiger partial charge in [-0.15, -0.1) is 28.0 Å². The molecule has 1 saturated heterocycles. The first-order valence-electron chi connectivity index (χ1n) is 39.1. The molecule has 4 heterocycles. The fourth-order valence-electron chi connectivity index (χ4n) is 20.3. The van der Waals surface area contributed by atoms with Gasteiger partial charge in [0.05, 0.1) is 92.8 Å². The largest absolute Gasteiger partial charge is 0.491 e. The number of carbonyl (C=O) groups excluding carboxylic acids is 9. The Morgan fingerprint density at radius 3 is 1.14 bits per heavy atom. The Balaban J connectivity index is 0.000000135. The maximum atomic E-state index is 13.5. The van der Waals surface area contributed by atoms with Crippen molar-refractivity contribution in [3.8, 4) is 17.2 Å². The van der Waals surface area contributed by atoms with Crippen LogP contribution in [0.4, 0.5) is 0 Å². The van der Waals surface area contributed by atoms with Crippen LogP contribution in [0.15, 0.2) is 91.0 Å². The average molecular weight is 1630 g/mol. The van der Waals surface area contributed by atoms with Crippen molar-refractivity contribution in [2.75, 3.05) is 70.3 Å². The molecule has 6 aromatic carbocycles. The summed E-state index contributed by atoms with van der Waals surface area (Å²) in [7, 11) is -13.4. The number of nitrogens with zero attached hydrogens (tertiary/aromatic N) is 3. The van der Waals surface area contributed by atoms with Crippen molar-refractivity contribution in [1.82, 2.24) is 15.2 Å². The first kappa shape index (κ1) is 80.7. The zero-order valence-corrected chi connectivity index (χ0v) is 66.9. The highest BCUT2D eigenvalue weighted by Crippen LogP contribution is 2.67. The van der Waals surface area contributed by atoms with Crippen molar-refractivity contribution in [3.63, 3.8) is 0 Å². The van der Waals surface area contributed by atoms with Gasteiger partial charge in [0.1, 0.15) is 47.8 Å². The molecule has 6 bridgehead atoms. The molecule has 17 rings (SSSR count). The van der Waals surface area contributed by atoms with E-state index < -0.39 is 116 Å². The molecule has 28 nitrogen and oxygen atoms in total. The number of carbonyl (C=O) groups is 9. The van der Waals surface area contributed by atoms with Crippen molar-refractivity contribution in [3.05, 3.63) is 124 Å². The summed E-state index contributed by atoms with van der Waals surface area (Å²) in [5.41, 5.74) is -4.14. The summed E-state index contributed by atoms with van der Waals surface area (Å²) in [5, 5.41) is 12.7. The smallest absolute Gasteiger partial charge is 0.289 e. The minimum Gasteiger partial charge on any atom is -0.491 e. The van der Waals surface area contributed by atoms with Crippen molar-refractivity contribution in [1.29, 1.82) is 0 Å². The molecule has 0 radical (unpaired) electrons. The summed E-state index contributed by atoms with van der Waals surface area (Å²) in [5.74, 6) is -5.40. The number of benzene rings is 6. The van der Waals surface area contributed by atoms with E-state index in [0.717, 1.165) is 32.1 Å². The van der Waals surface area contributed by atoms with E-state index in [1.54, 1.807) is 54.6 Å². The topological polar surface area (TPSA) is 369 Å². The number of ether oxygens (including phenoxy) is 6. The van der Waals surface area contributed by atoms with Gasteiger partial charge in [-0.2, -0.15) is 25.3 Å². The van der Waals surface area contributed by atoms with Gasteiger partial charge >= 0.3 is 0 Å². The molecule has 7 unspecified atom stereocenters. The van der Waals surface area contributed by atoms with E-state index in [1.807, 2.05) is 41.5 Å². The SMILES string of the molecule is CC1(C)C2CCC1(CS(=O)(=O)ON1C(=O)c3cccc4cc(OCC5CCCO5)cc(c34)C1=O)C(=O)C2.CC1(C)C2CCC1(CS(=O)(=O)ON1C(=O)c3cccc4cc(OCCOCC5CCCCC5)cc(c34)C1=O)C(=O)C2.CC1(C)C2CCC1(CS(=O)(=O)ON1C(=O)c3cccc4cc(OCOCCO)cc(c34)C1=O)C(=O)C2. The number of hydrogen-bond donors (Lipinski definition) is 1. The minimum atomic E-state index is -4.49. The molecule has 0 aromatic heterocycles. The van der Waals surface area contributed by atoms with E-state index >= 15 is 0 Å². The van der Waals surface area contributed by atoms with Gasteiger partial charge in [-0.25, -0.2) is 0 Å². The number of aliphatic hydroxyl groups is 1. The summed E-state index contributed by atoms with van der Waals surface area (Å²) in [4.78, 5) is 119. The van der Waals surface area contributed by atoms with Crippen LogP contribution >= 0.6 is 0 Å². The number of fused-ring (bicyclic) bond motifs is 6. The maximum Gasteiger partial charge on any atom is 0.289 e. The predicted octanol–water partition coefficient (Wildman–Crippen LogP) is 11.2. The van der Waals surface area contributed by atoms with Crippen LogP contribution in [0.3, 0.4) is 0 Å². The first-order valence-corrected chi connectivity index (χ1v) is 43.8. The Morgan fingerprint density at radius 2 is 0.789 bits per heavy atom. The van der Waals surface area contributed by atoms with Gasteiger partial charge in [-0.3, -0.25) is 43.2 Å². The van der Waals surface area contributed by atoms with E-state index in [1.165, 1.54) is 68.5 Å². The third-order valence-electron chi connectivity index (χ3n) is 27.2. The zero-order valence-electron chi connectivity index (χ0n) is 64.5. The van der Waals surface area contributed by atoms with Crippen LogP contribution < -0.4 is 14.2 Å². The van der Waals surface area contributed by atoms with Gasteiger partial charge in [0, 0.05) is 48.6 Å². The monoisotopic (exact) mass is 1630 g/mol. The van der Waals surface area contributed by atoms with Gasteiger partial charge < -0.3 is 33.5 Å². The van der Waals surface area contributed by atoms with Crippen molar-refractivity contribution < 1.29 is 115 Å². The summed E-state index contributed by atoms with van der Waals surface area (Å²) < 4.78 is 129. The number of hydroxylamine groups is 6. The van der Waals surface area contributed by atoms with Crippen molar-refractivity contribution in [2.24, 2.45) is 56.2 Å². The quantitative estimate of drug-likeness (QED) is 0.0299. The second-order valence-electron chi connectivity index (χ2n) is 33.9. The van der Waals surface area contributed by atoms with Crippen LogP contribution in [0.1, 0.15) is 206 Å². The third-order valence-corrected chi connectivity index (χ3v) is 30.8. The molecule has 114 heavy (non-hydrogen) atoms. The molecule has 4 aliphatic heterocycles. The highest BCUT2D eigenvalue weighted by atomic mass is 32.2. The second-order valence-corrected chi connectivity index (χ2v) is 38.6. The molecule has 608 valence electrons. The van der Waals surface area contributed by atoms with Crippen molar-refractivity contribution in [2.45, 2.75) is 150 Å². The zero-order chi connectivity index (χ0) is 81.0. The lowest BCUT2D eigenvalue weighted by atomic mass is 9.70. The number of amides is 6. The van der Waals surface area contributed by atoms with E-state index in [2.05, 4.69) is 0 Å². The first-order chi connectivity index (χ1) is 54.0. The molecular formula is C83H93N3O25S3. The maximum absolute atomic E-state index is 13.5. The summed E-state index contributed by atoms with van der Waals surface area (Å²) >= 11 is 0. The molecule has 6 aromatic rings. The average Bonchev–Trinajstić information content (AvgIpc) is 1.47. The van der Waals surface area contributed by atoms with Crippen LogP contribution in [0.5, 0.6) is 17.2 Å². The lowest BCUT2D eigenvalue weighted by Gasteiger charge is -2.36. The molecule has 7 aliphatic carbocycles. The van der Waals surface area contributed by atoms with Crippen LogP contribution in [0.2, 0.25) is 0 Å². The minimum absolute atomic E-state index is 0.0299. The Morgan fingerprint density at radius 1 is 0.412 bits per heavy atom. The van der Waals surface area contributed by atoms with Gasteiger partial charge in [-0.05, 0) is 175 Å². The molecule has 1 N–H and O–H groups in total. The van der Waals surface area contributed by atoms with Crippen molar-refractivity contribution >= 4 is 115 Å². The highest BCUT2D eigenvalue weighted by Gasteiger charge is 2.68. The lowest BCUT2D eigenvalue weighted by molar-refractivity contribution is -0.128. The van der Waals surface area contributed by atoms with Crippen LogP contribution in [-0.2, 0) is 71.8 Å². The van der Waals surface area contributed by atoms with Gasteiger partial charge in [-0.1, -0.05) is 97.2 Å². The molecule has 8 fully saturated rings. The molecule has 7 atom stereocenters. The number of hydrogen-bond acceptors (Lipinski definition) is 25. The normalized spacial score (nSPS) is 26.3. The number of aliphatic hydroxyl groups excluding tert-OH is 1. The summed E-state index contributed by atoms with van der Waals surface area (Å²) in [6.45, 7) is 13.6. The molecular weight excluding hydrogens is 1540 g/mol. The third kappa shape index (κ3) is 14.1. The van der Waals surface area contributed by atoms with E-state index in [0.29, 0.717) is 125 Å². The fraction of sp³-hybridized carbons (Fsp3) is 0.530. The van der Waals surface area contributed by atoms with Crippen LogP contribution in [0.25, 0.3) is 32.3 Å². The molecule has 7 saturated carbocycles. The Kier molecular flexibility index (Phi) is 21.4. The van der Waals surface area contributed by atoms with E-state index in [-0.39, 0.29) is 112 Å². The number of Topliss-reactive ketones (excluding diaryl/α,β-unsaturated/α-hetero) is 3. The standard InChI is InChI=1S/C31H37NO8S.C27H29NO8S.C25H27NO9S/c1-30(2)22-11-12-31(30,26(33)16-22)19-41(36,37)40-32-28(34)24-10-6-9-21-15-23(17-25(27(21)24)29(32)35)39-14-13-38-18-20-7-4-3-5-8-20;1-26(2)17-8-9-27(26,22(29)12-17)15-37(32,33)36-28-24(30)20-7-3-5-16-11-19(13-21(23(16)20)25(28)31)35-14-18-6-4-10-34-18;1-24(2)16-6-7-25(24,20(28)11-16)13-36(31,32)35-26-22(29)18-5-3-4-15-10-17(34-14-33-9-8-27)12-19(21(15)18)23(26)30/h6,9-10,15,17,20,22H,3-5,7-8,11-14,16,18-19H2,1-2H3;3,5,7,11,13,17-18H,4,6,8-10,12,14-15H2,1-2H3;3-5,10,12,16,27H,6-9,11,13-14H2,1-2H3. The Labute approximate surface area is 660 Å². The Hall–Kier alpha value is -8.50. The molecule has 31 heteroatoms. The second kappa shape index (κ2) is 30.2. The van der Waals surface area contributed by atoms with Gasteiger partial charge in [0.2, 0.25) is 0 Å². The Bertz CT molecular complexity index is 5380. The summed E-state index contributed by atoms with van der Waals surface area (Å²) in [6, 6.07) is 24.2. The number of ketones is 3. The van der Waals surface area contributed by atoms with Gasteiger partial charge in [0.25, 0.3) is 65.8 Å². The predicted molar refractivity (Wildman–Crippen MR) is 410 cm³/mol. The molecule has 11 aliphatic rings. The number of imide groups is 3. The highest BCUT2D eigenvalue weighted by molar-refractivity contribution is 7.87. The fourth-order valence-corrected chi connectivity index (χ4v) is 25.4. The van der Waals surface area contributed by atoms with Gasteiger partial charge in [0.15, 0.2) is 6.79 Å². The summed E-state index contributed by atoms with van der Waals surface area (Å²) in [6.07, 6.45) is 12.6.